The Morgan fingerprint density at radius 1 is 1.20 bits per heavy atom. The molecule has 0 saturated heterocycles. The highest BCUT2D eigenvalue weighted by Crippen LogP contribution is 2.29. The van der Waals surface area contributed by atoms with E-state index < -0.39 is 6.17 Å². The van der Waals surface area contributed by atoms with Gasteiger partial charge in [0.15, 0.2) is 0 Å². The van der Waals surface area contributed by atoms with Gasteiger partial charge in [0.2, 0.25) is 6.33 Å². The summed E-state index contributed by atoms with van der Waals surface area (Å²) in [7, 11) is 1.90. The van der Waals surface area contributed by atoms with E-state index in [9.17, 15) is 4.79 Å². The second kappa shape index (κ2) is 6.18. The van der Waals surface area contributed by atoms with E-state index in [1.54, 1.807) is 10.6 Å². The number of aliphatic imine (C=N–C) groups is 1. The third kappa shape index (κ3) is 2.94. The van der Waals surface area contributed by atoms with E-state index in [2.05, 4.69) is 5.32 Å². The zero-order chi connectivity index (χ0) is 17.4. The molecule has 5 nitrogen and oxygen atoms in total. The maximum atomic E-state index is 12.8. The lowest BCUT2D eigenvalue weighted by Crippen LogP contribution is -2.27. The van der Waals surface area contributed by atoms with E-state index in [0.29, 0.717) is 10.7 Å². The number of amides is 1. The summed E-state index contributed by atoms with van der Waals surface area (Å²) in [4.78, 5) is 17.6. The predicted octanol–water partition coefficient (Wildman–Crippen LogP) is 2.95. The number of fused-ring (bicyclic) bond motifs is 1. The normalized spacial score (nSPS) is 16.6. The summed E-state index contributed by atoms with van der Waals surface area (Å²) < 4.78 is 3.66. The Hall–Kier alpha value is -2.92. The highest BCUT2D eigenvalue weighted by molar-refractivity contribution is 6.32. The molecule has 2 heterocycles. The van der Waals surface area contributed by atoms with Crippen LogP contribution in [-0.4, -0.2) is 16.2 Å². The Morgan fingerprint density at radius 3 is 2.72 bits per heavy atom. The van der Waals surface area contributed by atoms with Crippen molar-refractivity contribution in [3.63, 3.8) is 0 Å². The SMILES string of the molecule is C[n+]1ccn(C2N=C(c3ccccc3)c3cc(Cl)ccc3NC2=O)c1. The summed E-state index contributed by atoms with van der Waals surface area (Å²) in [5, 5.41) is 3.56. The number of nitrogens with zero attached hydrogens (tertiary/aromatic N) is 3. The minimum atomic E-state index is -0.692. The molecule has 0 aliphatic carbocycles. The summed E-state index contributed by atoms with van der Waals surface area (Å²) in [5.41, 5.74) is 3.18. The molecule has 1 unspecified atom stereocenters. The van der Waals surface area contributed by atoms with E-state index in [4.69, 9.17) is 16.6 Å². The molecule has 1 aliphatic heterocycles. The zero-order valence-electron chi connectivity index (χ0n) is 13.6. The van der Waals surface area contributed by atoms with Gasteiger partial charge >= 0.3 is 0 Å². The third-order valence-corrected chi connectivity index (χ3v) is 4.33. The molecule has 1 atom stereocenters. The first-order chi connectivity index (χ1) is 12.1. The van der Waals surface area contributed by atoms with E-state index in [1.165, 1.54) is 0 Å². The lowest BCUT2D eigenvalue weighted by atomic mass is 10.0. The summed E-state index contributed by atoms with van der Waals surface area (Å²) in [6.45, 7) is 0. The van der Waals surface area contributed by atoms with Crippen LogP contribution < -0.4 is 9.88 Å². The number of halogens is 1. The standard InChI is InChI=1S/C19H15ClN4O/c1-23-9-10-24(12-23)18-19(25)21-16-8-7-14(20)11-15(16)17(22-18)13-5-3-2-4-6-13/h2-12,18H,1H3/p+1. The average Bonchev–Trinajstić information content (AvgIpc) is 2.98. The lowest BCUT2D eigenvalue weighted by molar-refractivity contribution is -0.671. The number of hydrogen-bond donors (Lipinski definition) is 1. The van der Waals surface area contributed by atoms with Crippen molar-refractivity contribution >= 4 is 28.9 Å². The van der Waals surface area contributed by atoms with Crippen molar-refractivity contribution in [3.8, 4) is 0 Å². The first-order valence-corrected chi connectivity index (χ1v) is 8.26. The number of benzodiazepines with no additional fused rings is 1. The van der Waals surface area contributed by atoms with E-state index in [0.717, 1.165) is 16.8 Å². The number of benzene rings is 2. The predicted molar refractivity (Wildman–Crippen MR) is 96.8 cm³/mol. The molecule has 0 spiro atoms. The Bertz CT molecular complexity index is 978. The van der Waals surface area contributed by atoms with Crippen molar-refractivity contribution < 1.29 is 9.36 Å². The Labute approximate surface area is 150 Å². The number of anilines is 1. The van der Waals surface area contributed by atoms with Gasteiger partial charge in [-0.1, -0.05) is 41.9 Å². The first-order valence-electron chi connectivity index (χ1n) is 7.88. The summed E-state index contributed by atoms with van der Waals surface area (Å²) >= 11 is 6.20. The number of aromatic nitrogens is 2. The molecule has 1 aliphatic rings. The highest BCUT2D eigenvalue weighted by atomic mass is 35.5. The van der Waals surface area contributed by atoms with Gasteiger partial charge < -0.3 is 5.32 Å². The fraction of sp³-hybridized carbons (Fsp3) is 0.105. The number of rotatable bonds is 2. The smallest absolute Gasteiger partial charge is 0.293 e. The van der Waals surface area contributed by atoms with Crippen LogP contribution in [0.2, 0.25) is 5.02 Å². The van der Waals surface area contributed by atoms with Crippen LogP contribution in [-0.2, 0) is 11.8 Å². The van der Waals surface area contributed by atoms with Gasteiger partial charge in [-0.2, -0.15) is 0 Å². The molecule has 3 aromatic rings. The molecule has 1 aromatic heterocycles. The Balaban J connectivity index is 1.93. The molecule has 124 valence electrons. The molecule has 1 amide bonds. The maximum absolute atomic E-state index is 12.8. The minimum Gasteiger partial charge on any atom is -0.320 e. The molecular formula is C19H16ClN4O+. The van der Waals surface area contributed by atoms with Gasteiger partial charge in [-0.15, -0.1) is 0 Å². The van der Waals surface area contributed by atoms with Crippen molar-refractivity contribution in [2.24, 2.45) is 12.0 Å². The number of imidazole rings is 1. The van der Waals surface area contributed by atoms with Crippen LogP contribution in [0.3, 0.4) is 0 Å². The number of nitrogens with one attached hydrogen (secondary N) is 1. The van der Waals surface area contributed by atoms with Crippen LogP contribution in [0.5, 0.6) is 0 Å². The van der Waals surface area contributed by atoms with Gasteiger partial charge in [-0.05, 0) is 18.2 Å². The molecule has 4 rings (SSSR count). The van der Waals surface area contributed by atoms with Crippen LogP contribution in [0.4, 0.5) is 5.69 Å². The van der Waals surface area contributed by atoms with Crippen LogP contribution in [0.15, 0.2) is 72.2 Å². The van der Waals surface area contributed by atoms with Crippen molar-refractivity contribution in [2.75, 3.05) is 5.32 Å². The molecule has 25 heavy (non-hydrogen) atoms. The number of carbonyl (C=O) groups excluding carboxylic acids is 1. The quantitative estimate of drug-likeness (QED) is 0.709. The molecule has 2 aromatic carbocycles. The van der Waals surface area contributed by atoms with Crippen LogP contribution in [0.1, 0.15) is 17.3 Å². The molecule has 0 saturated carbocycles. The molecule has 1 N–H and O–H groups in total. The Kier molecular flexibility index (Phi) is 3.86. The topological polar surface area (TPSA) is 50.3 Å². The maximum Gasteiger partial charge on any atom is 0.293 e. The summed E-state index contributed by atoms with van der Waals surface area (Å²) in [6.07, 6.45) is 4.85. The second-order valence-electron chi connectivity index (χ2n) is 5.92. The molecule has 0 bridgehead atoms. The van der Waals surface area contributed by atoms with Crippen LogP contribution >= 0.6 is 11.6 Å². The number of carbonyl (C=O) groups is 1. The van der Waals surface area contributed by atoms with E-state index in [1.807, 2.05) is 72.8 Å². The fourth-order valence-corrected chi connectivity index (χ4v) is 3.08. The van der Waals surface area contributed by atoms with E-state index >= 15 is 0 Å². The van der Waals surface area contributed by atoms with Gasteiger partial charge in [-0.3, -0.25) is 4.79 Å². The number of hydrogen-bond acceptors (Lipinski definition) is 2. The minimum absolute atomic E-state index is 0.189. The zero-order valence-corrected chi connectivity index (χ0v) is 14.3. The monoisotopic (exact) mass is 351 g/mol. The van der Waals surface area contributed by atoms with Crippen LogP contribution in [0, 0.1) is 0 Å². The molecule has 0 fully saturated rings. The van der Waals surface area contributed by atoms with Crippen molar-refractivity contribution in [1.82, 2.24) is 4.57 Å². The van der Waals surface area contributed by atoms with Crippen LogP contribution in [0.25, 0.3) is 0 Å². The third-order valence-electron chi connectivity index (χ3n) is 4.10. The Morgan fingerprint density at radius 2 is 2.00 bits per heavy atom. The van der Waals surface area contributed by atoms with Gasteiger partial charge in [0.05, 0.1) is 18.4 Å². The number of aryl methyl sites for hydroxylation is 1. The largest absolute Gasteiger partial charge is 0.320 e. The summed E-state index contributed by atoms with van der Waals surface area (Å²) in [6, 6.07) is 15.2. The second-order valence-corrected chi connectivity index (χ2v) is 6.36. The van der Waals surface area contributed by atoms with Crippen molar-refractivity contribution in [3.05, 3.63) is 83.4 Å². The molecular weight excluding hydrogens is 336 g/mol. The van der Waals surface area contributed by atoms with Gasteiger partial charge in [0, 0.05) is 16.1 Å². The highest BCUT2D eigenvalue weighted by Gasteiger charge is 2.30. The summed E-state index contributed by atoms with van der Waals surface area (Å²) in [5.74, 6) is -0.189. The van der Waals surface area contributed by atoms with E-state index in [-0.39, 0.29) is 5.91 Å². The van der Waals surface area contributed by atoms with Gasteiger partial charge in [0.1, 0.15) is 12.4 Å². The fourth-order valence-electron chi connectivity index (χ4n) is 2.91. The molecule has 0 radical (unpaired) electrons. The average molecular weight is 352 g/mol. The lowest BCUT2D eigenvalue weighted by Gasteiger charge is -2.10. The van der Waals surface area contributed by atoms with Crippen molar-refractivity contribution in [1.29, 1.82) is 0 Å². The van der Waals surface area contributed by atoms with Gasteiger partial charge in [-0.25, -0.2) is 14.1 Å². The van der Waals surface area contributed by atoms with Gasteiger partial charge in [0.25, 0.3) is 12.1 Å². The molecule has 6 heteroatoms. The first kappa shape index (κ1) is 15.6. The van der Waals surface area contributed by atoms with Crippen molar-refractivity contribution in [2.45, 2.75) is 6.17 Å².